The van der Waals surface area contributed by atoms with Crippen LogP contribution < -0.4 is 22.1 Å². The number of para-hydroxylation sites is 1. The third-order valence-electron chi connectivity index (χ3n) is 6.92. The van der Waals surface area contributed by atoms with Crippen LogP contribution >= 0.6 is 0 Å². The van der Waals surface area contributed by atoms with Crippen LogP contribution in [0.4, 0.5) is 18.9 Å². The number of hydrogen-bond donors (Lipinski definition) is 4. The summed E-state index contributed by atoms with van der Waals surface area (Å²) in [5.41, 5.74) is 12.0. The summed E-state index contributed by atoms with van der Waals surface area (Å²) in [7, 11) is 5.46. The standard InChI is InChI=1S/C29H37BF3N6O3/c1-39(2,15-13-34)14-5-7-24(30-42-19-35)27(40)38-26(16-20-9-11-22(12-10-20)29(31,32)33)28(41)37-23-17-21-6-3-4-8-25(21)36-18-23/h3-4,6,8-12,17-18,24,26H,5,7,13-16,19,34-35H2,1-2H3,(H-,37,38,40,41)/p+1/t24-,26+/m0/s1. The molecule has 3 aromatic rings. The highest BCUT2D eigenvalue weighted by Crippen LogP contribution is 2.29. The predicted octanol–water partition coefficient (Wildman–Crippen LogP) is 3.08. The molecule has 2 amide bonds. The quantitative estimate of drug-likeness (QED) is 0.123. The second kappa shape index (κ2) is 15.1. The molecule has 0 aliphatic rings. The van der Waals surface area contributed by atoms with E-state index in [2.05, 4.69) is 15.6 Å². The van der Waals surface area contributed by atoms with Crippen molar-refractivity contribution in [1.29, 1.82) is 0 Å². The van der Waals surface area contributed by atoms with E-state index in [1.54, 1.807) is 6.07 Å². The van der Waals surface area contributed by atoms with Gasteiger partial charge in [0.25, 0.3) is 0 Å². The van der Waals surface area contributed by atoms with Gasteiger partial charge in [0.1, 0.15) is 6.04 Å². The first kappa shape index (κ1) is 33.0. The highest BCUT2D eigenvalue weighted by molar-refractivity contribution is 6.37. The second-order valence-corrected chi connectivity index (χ2v) is 10.8. The zero-order chi connectivity index (χ0) is 30.8. The van der Waals surface area contributed by atoms with Gasteiger partial charge in [-0.05, 0) is 42.7 Å². The SMILES string of the molecule is C[N+](C)(CCN)CCC[C@H]([B]OCN)C(=O)N[C@H](Cc1ccc(C(F)(F)F)cc1)C(=O)Nc1cnc2ccccc2c1. The molecule has 1 radical (unpaired) electrons. The third-order valence-corrected chi connectivity index (χ3v) is 6.92. The number of amides is 2. The molecule has 0 fully saturated rings. The minimum atomic E-state index is -4.49. The lowest BCUT2D eigenvalue weighted by Gasteiger charge is -2.30. The third kappa shape index (κ3) is 10.1. The fourth-order valence-corrected chi connectivity index (χ4v) is 4.56. The van der Waals surface area contributed by atoms with Crippen LogP contribution in [0.15, 0.2) is 60.8 Å². The van der Waals surface area contributed by atoms with Gasteiger partial charge in [0.15, 0.2) is 0 Å². The summed E-state index contributed by atoms with van der Waals surface area (Å²) in [5, 5.41) is 6.37. The summed E-state index contributed by atoms with van der Waals surface area (Å²) in [6.45, 7) is 1.95. The highest BCUT2D eigenvalue weighted by Gasteiger charge is 2.31. The number of aromatic nitrogens is 1. The number of likely N-dealkylation sites (N-methyl/N-ethyl adjacent to an activating group) is 1. The van der Waals surface area contributed by atoms with Crippen LogP contribution in [0.25, 0.3) is 10.9 Å². The van der Waals surface area contributed by atoms with Gasteiger partial charge in [0.2, 0.25) is 11.8 Å². The van der Waals surface area contributed by atoms with Gasteiger partial charge >= 0.3 is 13.7 Å². The zero-order valence-corrected chi connectivity index (χ0v) is 23.9. The van der Waals surface area contributed by atoms with Crippen LogP contribution in [0.3, 0.4) is 0 Å². The van der Waals surface area contributed by atoms with Gasteiger partial charge in [-0.1, -0.05) is 30.3 Å². The molecule has 0 aliphatic carbocycles. The number of alkyl halides is 3. The molecule has 0 unspecified atom stereocenters. The van der Waals surface area contributed by atoms with Crippen LogP contribution in [-0.2, 0) is 26.8 Å². The number of pyridine rings is 1. The average Bonchev–Trinajstić information content (AvgIpc) is 2.94. The van der Waals surface area contributed by atoms with E-state index >= 15 is 0 Å². The largest absolute Gasteiger partial charge is 0.428 e. The van der Waals surface area contributed by atoms with E-state index in [-0.39, 0.29) is 13.2 Å². The molecule has 0 saturated heterocycles. The van der Waals surface area contributed by atoms with Gasteiger partial charge in [0, 0.05) is 24.2 Å². The van der Waals surface area contributed by atoms with E-state index in [0.717, 1.165) is 36.1 Å². The normalized spacial score (nSPS) is 13.4. The lowest BCUT2D eigenvalue weighted by molar-refractivity contribution is -0.889. The molecule has 6 N–H and O–H groups in total. The Balaban J connectivity index is 1.79. The van der Waals surface area contributed by atoms with Crippen molar-refractivity contribution >= 4 is 35.9 Å². The van der Waals surface area contributed by atoms with Crippen molar-refractivity contribution in [2.24, 2.45) is 11.5 Å². The van der Waals surface area contributed by atoms with E-state index in [0.29, 0.717) is 35.1 Å². The van der Waals surface area contributed by atoms with Gasteiger partial charge in [-0.3, -0.25) is 14.6 Å². The Hall–Kier alpha value is -3.52. The number of hydrogen-bond acceptors (Lipinski definition) is 6. The van der Waals surface area contributed by atoms with Crippen LogP contribution in [0.1, 0.15) is 24.0 Å². The Morgan fingerprint density at radius 1 is 1.05 bits per heavy atom. The number of halogens is 3. The molecule has 0 bridgehead atoms. The first-order valence-corrected chi connectivity index (χ1v) is 13.7. The Bertz CT molecular complexity index is 1320. The maximum absolute atomic E-state index is 13.5. The van der Waals surface area contributed by atoms with Gasteiger partial charge in [-0.15, -0.1) is 0 Å². The van der Waals surface area contributed by atoms with Crippen molar-refractivity contribution in [2.75, 3.05) is 45.8 Å². The number of nitrogens with one attached hydrogen (secondary N) is 2. The van der Waals surface area contributed by atoms with E-state index in [4.69, 9.17) is 16.1 Å². The number of fused-ring (bicyclic) bond motifs is 1. The molecule has 9 nitrogen and oxygen atoms in total. The number of nitrogens with zero attached hydrogens (tertiary/aromatic N) is 2. The molecule has 42 heavy (non-hydrogen) atoms. The van der Waals surface area contributed by atoms with Gasteiger partial charge in [0.05, 0.1) is 56.9 Å². The molecule has 2 atom stereocenters. The number of benzene rings is 2. The summed E-state index contributed by atoms with van der Waals surface area (Å²) < 4.78 is 45.2. The Morgan fingerprint density at radius 3 is 2.43 bits per heavy atom. The van der Waals surface area contributed by atoms with E-state index in [1.807, 2.05) is 38.4 Å². The minimum Gasteiger partial charge on any atom is -0.428 e. The summed E-state index contributed by atoms with van der Waals surface area (Å²) in [6.07, 6.45) is -1.92. The lowest BCUT2D eigenvalue weighted by Crippen LogP contribution is -2.47. The summed E-state index contributed by atoms with van der Waals surface area (Å²) >= 11 is 0. The summed E-state index contributed by atoms with van der Waals surface area (Å²) in [4.78, 5) is 31.2. The topological polar surface area (TPSA) is 132 Å². The number of anilines is 1. The second-order valence-electron chi connectivity index (χ2n) is 10.8. The Labute approximate surface area is 244 Å². The number of nitrogens with two attached hydrogens (primary N) is 2. The van der Waals surface area contributed by atoms with Crippen molar-refractivity contribution < 1.29 is 31.9 Å². The van der Waals surface area contributed by atoms with E-state index in [9.17, 15) is 22.8 Å². The highest BCUT2D eigenvalue weighted by atomic mass is 19.4. The molecule has 3 rings (SSSR count). The van der Waals surface area contributed by atoms with E-state index in [1.165, 1.54) is 25.8 Å². The number of carbonyl (C=O) groups excluding carboxylic acids is 2. The molecule has 225 valence electrons. The fraction of sp³-hybridized carbons (Fsp3) is 0.414. The molecule has 1 aromatic heterocycles. The molecular weight excluding hydrogens is 548 g/mol. The first-order chi connectivity index (χ1) is 19.9. The summed E-state index contributed by atoms with van der Waals surface area (Å²) in [6, 6.07) is 12.5. The lowest BCUT2D eigenvalue weighted by atomic mass is 9.75. The maximum atomic E-state index is 13.5. The van der Waals surface area contributed by atoms with Crippen LogP contribution in [0, 0.1) is 0 Å². The molecule has 1 heterocycles. The smallest absolute Gasteiger partial charge is 0.416 e. The average molecular weight is 586 g/mol. The minimum absolute atomic E-state index is 0.0401. The molecular formula is C29H38BF3N6O3+. The van der Waals surface area contributed by atoms with Crippen LogP contribution in [-0.4, -0.2) is 75.3 Å². The molecule has 0 spiro atoms. The molecule has 0 aliphatic heterocycles. The number of quaternary nitrogens is 1. The predicted molar refractivity (Wildman–Crippen MR) is 157 cm³/mol. The van der Waals surface area contributed by atoms with Crippen LogP contribution in [0.2, 0.25) is 5.82 Å². The van der Waals surface area contributed by atoms with Crippen molar-refractivity contribution in [1.82, 2.24) is 10.3 Å². The number of carbonyl (C=O) groups is 2. The zero-order valence-electron chi connectivity index (χ0n) is 23.9. The van der Waals surface area contributed by atoms with Crippen molar-refractivity contribution in [2.45, 2.75) is 37.3 Å². The Morgan fingerprint density at radius 2 is 1.76 bits per heavy atom. The first-order valence-electron chi connectivity index (χ1n) is 13.7. The number of rotatable bonds is 15. The van der Waals surface area contributed by atoms with Crippen molar-refractivity contribution in [3.63, 3.8) is 0 Å². The van der Waals surface area contributed by atoms with Gasteiger partial charge < -0.3 is 31.2 Å². The van der Waals surface area contributed by atoms with Crippen molar-refractivity contribution in [3.8, 4) is 0 Å². The van der Waals surface area contributed by atoms with Gasteiger partial charge in [-0.2, -0.15) is 13.2 Å². The monoisotopic (exact) mass is 586 g/mol. The molecule has 0 saturated carbocycles. The molecule has 13 heteroatoms. The molecule has 2 aromatic carbocycles. The Kier molecular flexibility index (Phi) is 11.9. The summed E-state index contributed by atoms with van der Waals surface area (Å²) in [5.74, 6) is -1.72. The fourth-order valence-electron chi connectivity index (χ4n) is 4.56. The van der Waals surface area contributed by atoms with Gasteiger partial charge in [-0.25, -0.2) is 0 Å². The maximum Gasteiger partial charge on any atom is 0.416 e. The van der Waals surface area contributed by atoms with Crippen molar-refractivity contribution in [3.05, 3.63) is 71.9 Å². The van der Waals surface area contributed by atoms with E-state index < -0.39 is 35.4 Å². The van der Waals surface area contributed by atoms with Crippen LogP contribution in [0.5, 0.6) is 0 Å².